The van der Waals surface area contributed by atoms with E-state index in [4.69, 9.17) is 9.84 Å². The fourth-order valence-electron chi connectivity index (χ4n) is 2.01. The zero-order valence-electron chi connectivity index (χ0n) is 11.7. The van der Waals surface area contributed by atoms with Gasteiger partial charge in [0, 0.05) is 5.56 Å². The van der Waals surface area contributed by atoms with Crippen molar-refractivity contribution in [1.29, 1.82) is 0 Å². The van der Waals surface area contributed by atoms with Crippen LogP contribution in [0, 0.1) is 5.92 Å². The maximum absolute atomic E-state index is 12.1. The van der Waals surface area contributed by atoms with E-state index in [2.05, 4.69) is 11.9 Å². The van der Waals surface area contributed by atoms with Gasteiger partial charge in [-0.2, -0.15) is 0 Å². The molecule has 0 saturated heterocycles. The van der Waals surface area contributed by atoms with E-state index in [1.807, 2.05) is 0 Å². The fourth-order valence-corrected chi connectivity index (χ4v) is 2.01. The topological polar surface area (TPSA) is 75.6 Å². The van der Waals surface area contributed by atoms with Gasteiger partial charge in [0.1, 0.15) is 18.4 Å². The van der Waals surface area contributed by atoms with Gasteiger partial charge < -0.3 is 15.2 Å². The van der Waals surface area contributed by atoms with Gasteiger partial charge in [-0.15, -0.1) is 0 Å². The number of amides is 1. The van der Waals surface area contributed by atoms with Crippen molar-refractivity contribution in [2.24, 2.45) is 5.92 Å². The molecular weight excluding hydrogens is 270 g/mol. The zero-order chi connectivity index (χ0) is 15.2. The van der Waals surface area contributed by atoms with Crippen LogP contribution in [0.25, 0.3) is 0 Å². The summed E-state index contributed by atoms with van der Waals surface area (Å²) in [6.45, 7) is 3.95. The molecule has 1 atom stereocenters. The summed E-state index contributed by atoms with van der Waals surface area (Å²) in [7, 11) is 0. The molecule has 112 valence electrons. The number of benzene rings is 1. The van der Waals surface area contributed by atoms with Crippen molar-refractivity contribution in [2.45, 2.75) is 25.3 Å². The molecule has 2 rings (SSSR count). The van der Waals surface area contributed by atoms with Crippen molar-refractivity contribution in [1.82, 2.24) is 5.32 Å². The Labute approximate surface area is 123 Å². The van der Waals surface area contributed by atoms with Crippen molar-refractivity contribution in [3.63, 3.8) is 0 Å². The van der Waals surface area contributed by atoms with E-state index in [1.165, 1.54) is 0 Å². The molecule has 1 aromatic rings. The van der Waals surface area contributed by atoms with Gasteiger partial charge in [0.2, 0.25) is 0 Å². The summed E-state index contributed by atoms with van der Waals surface area (Å²) in [4.78, 5) is 23.2. The summed E-state index contributed by atoms with van der Waals surface area (Å²) < 4.78 is 5.33. The number of hydrogen-bond acceptors (Lipinski definition) is 3. The molecule has 5 nitrogen and oxygen atoms in total. The summed E-state index contributed by atoms with van der Waals surface area (Å²) in [5.41, 5.74) is 0.419. The normalized spacial score (nSPS) is 15.0. The van der Waals surface area contributed by atoms with Crippen LogP contribution in [0.1, 0.15) is 29.6 Å². The summed E-state index contributed by atoms with van der Waals surface area (Å²) in [6.07, 6.45) is 4.24. The maximum atomic E-state index is 12.1. The van der Waals surface area contributed by atoms with E-state index in [1.54, 1.807) is 30.3 Å². The number of hydrogen-bond donors (Lipinski definition) is 2. The lowest BCUT2D eigenvalue weighted by molar-refractivity contribution is -0.139. The molecule has 0 spiro atoms. The molecule has 1 saturated carbocycles. The molecule has 0 radical (unpaired) electrons. The Kier molecular flexibility index (Phi) is 4.98. The summed E-state index contributed by atoms with van der Waals surface area (Å²) in [5.74, 6) is -0.292. The first-order valence-corrected chi connectivity index (χ1v) is 6.97. The summed E-state index contributed by atoms with van der Waals surface area (Å²) >= 11 is 0. The first kappa shape index (κ1) is 15.1. The minimum atomic E-state index is -0.985. The molecule has 1 aliphatic rings. The standard InChI is InChI=1S/C16H19NO4/c1-2-9-21-13-7-5-12(6-8-13)15(18)17-14(16(19)20)10-11-3-4-11/h2,5-8,11,14H,1,3-4,9-10H2,(H,17,18)(H,19,20). The largest absolute Gasteiger partial charge is 0.490 e. The molecule has 1 aromatic carbocycles. The van der Waals surface area contributed by atoms with Gasteiger partial charge in [-0.3, -0.25) is 4.79 Å². The van der Waals surface area contributed by atoms with Gasteiger partial charge in [-0.1, -0.05) is 25.5 Å². The van der Waals surface area contributed by atoms with Crippen LogP contribution in [0.4, 0.5) is 0 Å². The van der Waals surface area contributed by atoms with Crippen molar-refractivity contribution < 1.29 is 19.4 Å². The minimum absolute atomic E-state index is 0.377. The average Bonchev–Trinajstić information content (AvgIpc) is 3.28. The highest BCUT2D eigenvalue weighted by Gasteiger charge is 2.30. The van der Waals surface area contributed by atoms with Gasteiger partial charge in [0.15, 0.2) is 0 Å². The van der Waals surface area contributed by atoms with E-state index < -0.39 is 12.0 Å². The Bertz CT molecular complexity index is 520. The maximum Gasteiger partial charge on any atom is 0.326 e. The van der Waals surface area contributed by atoms with Crippen LogP contribution in [-0.2, 0) is 4.79 Å². The monoisotopic (exact) mass is 289 g/mol. The Morgan fingerprint density at radius 3 is 2.57 bits per heavy atom. The lowest BCUT2D eigenvalue weighted by Gasteiger charge is -2.14. The van der Waals surface area contributed by atoms with Crippen LogP contribution >= 0.6 is 0 Å². The second-order valence-corrected chi connectivity index (χ2v) is 5.17. The zero-order valence-corrected chi connectivity index (χ0v) is 11.7. The molecule has 0 aliphatic heterocycles. The SMILES string of the molecule is C=CCOc1ccc(C(=O)NC(CC2CC2)C(=O)O)cc1. The lowest BCUT2D eigenvalue weighted by atomic mass is 10.1. The van der Waals surface area contributed by atoms with E-state index in [9.17, 15) is 9.59 Å². The van der Waals surface area contributed by atoms with Gasteiger partial charge >= 0.3 is 5.97 Å². The van der Waals surface area contributed by atoms with E-state index >= 15 is 0 Å². The molecule has 5 heteroatoms. The highest BCUT2D eigenvalue weighted by atomic mass is 16.5. The molecule has 0 bridgehead atoms. The highest BCUT2D eigenvalue weighted by molar-refractivity contribution is 5.96. The molecule has 1 unspecified atom stereocenters. The third kappa shape index (κ3) is 4.63. The molecule has 21 heavy (non-hydrogen) atoms. The quantitative estimate of drug-likeness (QED) is 0.720. The number of ether oxygens (including phenoxy) is 1. The second-order valence-electron chi connectivity index (χ2n) is 5.17. The van der Waals surface area contributed by atoms with Gasteiger partial charge in [0.25, 0.3) is 5.91 Å². The number of rotatable bonds is 8. The first-order chi connectivity index (χ1) is 10.1. The molecular formula is C16H19NO4. The number of carbonyl (C=O) groups is 2. The number of nitrogens with one attached hydrogen (secondary N) is 1. The molecule has 2 N–H and O–H groups in total. The van der Waals surface area contributed by atoms with Crippen LogP contribution in [-0.4, -0.2) is 29.6 Å². The van der Waals surface area contributed by atoms with Crippen LogP contribution in [0.15, 0.2) is 36.9 Å². The lowest BCUT2D eigenvalue weighted by Crippen LogP contribution is -2.41. The molecule has 0 aromatic heterocycles. The summed E-state index contributed by atoms with van der Waals surface area (Å²) in [5, 5.41) is 11.7. The van der Waals surface area contributed by atoms with Gasteiger partial charge in [-0.25, -0.2) is 4.79 Å². The van der Waals surface area contributed by atoms with Crippen LogP contribution in [0.3, 0.4) is 0 Å². The Hall–Kier alpha value is -2.30. The van der Waals surface area contributed by atoms with Crippen LogP contribution in [0.2, 0.25) is 0 Å². The third-order valence-electron chi connectivity index (χ3n) is 3.35. The second kappa shape index (κ2) is 6.92. The molecule has 1 aliphatic carbocycles. The van der Waals surface area contributed by atoms with Crippen LogP contribution < -0.4 is 10.1 Å². The number of carboxylic acids is 1. The highest BCUT2D eigenvalue weighted by Crippen LogP contribution is 2.33. The summed E-state index contributed by atoms with van der Waals surface area (Å²) in [6, 6.07) is 5.76. The Balaban J connectivity index is 1.94. The Morgan fingerprint density at radius 2 is 2.05 bits per heavy atom. The van der Waals surface area contributed by atoms with E-state index in [0.29, 0.717) is 30.3 Å². The number of carbonyl (C=O) groups excluding carboxylic acids is 1. The molecule has 0 heterocycles. The van der Waals surface area contributed by atoms with E-state index in [0.717, 1.165) is 12.8 Å². The predicted octanol–water partition coefficient (Wildman–Crippen LogP) is 2.23. The minimum Gasteiger partial charge on any atom is -0.490 e. The van der Waals surface area contributed by atoms with Crippen molar-refractivity contribution in [2.75, 3.05) is 6.61 Å². The number of aliphatic carboxylic acids is 1. The average molecular weight is 289 g/mol. The first-order valence-electron chi connectivity index (χ1n) is 6.97. The van der Waals surface area contributed by atoms with Crippen molar-refractivity contribution in [3.8, 4) is 5.75 Å². The van der Waals surface area contributed by atoms with Crippen molar-refractivity contribution >= 4 is 11.9 Å². The van der Waals surface area contributed by atoms with E-state index in [-0.39, 0.29) is 5.91 Å². The predicted molar refractivity (Wildman–Crippen MR) is 78.4 cm³/mol. The molecule has 1 amide bonds. The van der Waals surface area contributed by atoms with Crippen LogP contribution in [0.5, 0.6) is 5.75 Å². The van der Waals surface area contributed by atoms with Gasteiger partial charge in [-0.05, 0) is 36.6 Å². The van der Waals surface area contributed by atoms with Crippen molar-refractivity contribution in [3.05, 3.63) is 42.5 Å². The van der Waals surface area contributed by atoms with Gasteiger partial charge in [0.05, 0.1) is 0 Å². The Morgan fingerprint density at radius 1 is 1.38 bits per heavy atom. The number of carboxylic acid groups (broad SMARTS) is 1. The third-order valence-corrected chi connectivity index (χ3v) is 3.35. The molecule has 1 fully saturated rings. The smallest absolute Gasteiger partial charge is 0.326 e. The fraction of sp³-hybridized carbons (Fsp3) is 0.375.